The second kappa shape index (κ2) is 4.91. The van der Waals surface area contributed by atoms with Crippen LogP contribution in [0, 0.1) is 5.92 Å². The van der Waals surface area contributed by atoms with Gasteiger partial charge in [-0.2, -0.15) is 0 Å². The van der Waals surface area contributed by atoms with E-state index in [1.807, 2.05) is 0 Å². The summed E-state index contributed by atoms with van der Waals surface area (Å²) in [6.07, 6.45) is 2.76. The maximum absolute atomic E-state index is 8.96. The summed E-state index contributed by atoms with van der Waals surface area (Å²) in [5.41, 5.74) is 0. The minimum atomic E-state index is 0.276. The van der Waals surface area contributed by atoms with Gasteiger partial charge < -0.3 is 5.11 Å². The van der Waals surface area contributed by atoms with Crippen LogP contribution in [0.2, 0.25) is 0 Å². The molecule has 2 nitrogen and oxygen atoms in total. The van der Waals surface area contributed by atoms with Gasteiger partial charge in [-0.3, -0.25) is 4.90 Å². The zero-order valence-corrected chi connectivity index (χ0v) is 9.17. The van der Waals surface area contributed by atoms with Crippen molar-refractivity contribution in [2.75, 3.05) is 19.7 Å². The van der Waals surface area contributed by atoms with Crippen LogP contribution in [0.4, 0.5) is 0 Å². The van der Waals surface area contributed by atoms with Crippen molar-refractivity contribution in [1.29, 1.82) is 0 Å². The van der Waals surface area contributed by atoms with Gasteiger partial charge in [0.15, 0.2) is 0 Å². The topological polar surface area (TPSA) is 23.5 Å². The SMILES string of the molecule is OCCN(Cc1cccs1)CC1CC1. The maximum atomic E-state index is 8.96. The Hall–Kier alpha value is -0.380. The first kappa shape index (κ1) is 10.1. The molecule has 0 aromatic carbocycles. The Morgan fingerprint density at radius 1 is 1.50 bits per heavy atom. The highest BCUT2D eigenvalue weighted by atomic mass is 32.1. The zero-order valence-electron chi connectivity index (χ0n) is 8.35. The molecule has 1 aliphatic rings. The molecule has 1 aromatic rings. The molecule has 3 heteroatoms. The third kappa shape index (κ3) is 3.08. The summed E-state index contributed by atoms with van der Waals surface area (Å²) in [5, 5.41) is 11.1. The lowest BCUT2D eigenvalue weighted by molar-refractivity contribution is 0.186. The molecule has 1 N–H and O–H groups in total. The molecule has 1 aliphatic carbocycles. The van der Waals surface area contributed by atoms with E-state index < -0.39 is 0 Å². The molecule has 0 spiro atoms. The van der Waals surface area contributed by atoms with Crippen LogP contribution in [0.15, 0.2) is 17.5 Å². The third-order valence-corrected chi connectivity index (χ3v) is 3.45. The van der Waals surface area contributed by atoms with E-state index >= 15 is 0 Å². The Labute approximate surface area is 89.2 Å². The lowest BCUT2D eigenvalue weighted by Crippen LogP contribution is -2.28. The van der Waals surface area contributed by atoms with Crippen LogP contribution >= 0.6 is 11.3 Å². The van der Waals surface area contributed by atoms with Crippen molar-refractivity contribution in [3.8, 4) is 0 Å². The first-order valence-corrected chi connectivity index (χ1v) is 6.12. The molecule has 2 rings (SSSR count). The Kier molecular flexibility index (Phi) is 3.56. The van der Waals surface area contributed by atoms with Gasteiger partial charge in [0.25, 0.3) is 0 Å². The minimum Gasteiger partial charge on any atom is -0.395 e. The van der Waals surface area contributed by atoms with E-state index in [0.717, 1.165) is 19.0 Å². The van der Waals surface area contributed by atoms with Crippen LogP contribution < -0.4 is 0 Å². The largest absolute Gasteiger partial charge is 0.395 e. The fourth-order valence-corrected chi connectivity index (χ4v) is 2.41. The van der Waals surface area contributed by atoms with Gasteiger partial charge in [-0.15, -0.1) is 11.3 Å². The van der Waals surface area contributed by atoms with Crippen molar-refractivity contribution in [3.63, 3.8) is 0 Å². The molecular formula is C11H17NOS. The highest BCUT2D eigenvalue weighted by Crippen LogP contribution is 2.30. The normalized spacial score (nSPS) is 16.4. The van der Waals surface area contributed by atoms with Gasteiger partial charge in [-0.05, 0) is 30.2 Å². The molecule has 1 heterocycles. The van der Waals surface area contributed by atoms with Gasteiger partial charge in [0.2, 0.25) is 0 Å². The van der Waals surface area contributed by atoms with Crippen molar-refractivity contribution >= 4 is 11.3 Å². The Morgan fingerprint density at radius 2 is 2.36 bits per heavy atom. The predicted molar refractivity (Wildman–Crippen MR) is 59.4 cm³/mol. The van der Waals surface area contributed by atoms with Gasteiger partial charge in [-0.1, -0.05) is 6.07 Å². The van der Waals surface area contributed by atoms with Gasteiger partial charge >= 0.3 is 0 Å². The number of hydrogen-bond acceptors (Lipinski definition) is 3. The quantitative estimate of drug-likeness (QED) is 0.777. The second-order valence-electron chi connectivity index (χ2n) is 3.98. The molecule has 14 heavy (non-hydrogen) atoms. The number of rotatable bonds is 6. The first-order chi connectivity index (χ1) is 6.88. The van der Waals surface area contributed by atoms with Gasteiger partial charge in [0.1, 0.15) is 0 Å². The van der Waals surface area contributed by atoms with E-state index in [-0.39, 0.29) is 6.61 Å². The third-order valence-electron chi connectivity index (χ3n) is 2.59. The summed E-state index contributed by atoms with van der Waals surface area (Å²) >= 11 is 1.80. The van der Waals surface area contributed by atoms with Crippen molar-refractivity contribution in [3.05, 3.63) is 22.4 Å². The summed E-state index contributed by atoms with van der Waals surface area (Å²) < 4.78 is 0. The summed E-state index contributed by atoms with van der Waals surface area (Å²) in [4.78, 5) is 3.77. The molecule has 0 radical (unpaired) electrons. The second-order valence-corrected chi connectivity index (χ2v) is 5.01. The molecule has 0 atom stereocenters. The zero-order chi connectivity index (χ0) is 9.80. The van der Waals surface area contributed by atoms with Crippen LogP contribution in [0.1, 0.15) is 17.7 Å². The lowest BCUT2D eigenvalue weighted by atomic mass is 10.3. The van der Waals surface area contributed by atoms with Crippen molar-refractivity contribution < 1.29 is 5.11 Å². The van der Waals surface area contributed by atoms with Crippen molar-refractivity contribution in [1.82, 2.24) is 4.90 Å². The maximum Gasteiger partial charge on any atom is 0.0558 e. The predicted octanol–water partition coefficient (Wildman–Crippen LogP) is 1.95. The van der Waals surface area contributed by atoms with Gasteiger partial charge in [0.05, 0.1) is 6.61 Å². The highest BCUT2D eigenvalue weighted by molar-refractivity contribution is 7.09. The molecule has 1 saturated carbocycles. The van der Waals surface area contributed by atoms with Crippen LogP contribution in [-0.4, -0.2) is 29.7 Å². The van der Waals surface area contributed by atoms with E-state index in [2.05, 4.69) is 22.4 Å². The van der Waals surface area contributed by atoms with Crippen LogP contribution in [0.3, 0.4) is 0 Å². The number of aliphatic hydroxyl groups excluding tert-OH is 1. The first-order valence-electron chi connectivity index (χ1n) is 5.24. The van der Waals surface area contributed by atoms with Crippen molar-refractivity contribution in [2.24, 2.45) is 5.92 Å². The number of nitrogens with zero attached hydrogens (tertiary/aromatic N) is 1. The fraction of sp³-hybridized carbons (Fsp3) is 0.636. The minimum absolute atomic E-state index is 0.276. The van der Waals surface area contributed by atoms with Crippen LogP contribution in [0.5, 0.6) is 0 Å². The van der Waals surface area contributed by atoms with E-state index in [1.54, 1.807) is 11.3 Å². The molecular weight excluding hydrogens is 194 g/mol. The van der Waals surface area contributed by atoms with Crippen LogP contribution in [0.25, 0.3) is 0 Å². The molecule has 0 bridgehead atoms. The van der Waals surface area contributed by atoms with Gasteiger partial charge in [-0.25, -0.2) is 0 Å². The summed E-state index contributed by atoms with van der Waals surface area (Å²) in [7, 11) is 0. The molecule has 1 aromatic heterocycles. The molecule has 0 aliphatic heterocycles. The van der Waals surface area contributed by atoms with E-state index in [9.17, 15) is 0 Å². The smallest absolute Gasteiger partial charge is 0.0558 e. The number of thiophene rings is 1. The number of aliphatic hydroxyl groups is 1. The Morgan fingerprint density at radius 3 is 2.93 bits per heavy atom. The summed E-state index contributed by atoms with van der Waals surface area (Å²) in [6.45, 7) is 3.26. The molecule has 78 valence electrons. The molecule has 0 amide bonds. The van der Waals surface area contributed by atoms with Crippen molar-refractivity contribution in [2.45, 2.75) is 19.4 Å². The average molecular weight is 211 g/mol. The average Bonchev–Trinajstić information content (AvgIpc) is 2.81. The standard InChI is InChI=1S/C11H17NOS/c13-6-5-12(8-10-3-4-10)9-11-2-1-7-14-11/h1-2,7,10,13H,3-6,8-9H2. The Balaban J connectivity index is 1.82. The van der Waals surface area contributed by atoms with Crippen LogP contribution in [-0.2, 0) is 6.54 Å². The summed E-state index contributed by atoms with van der Waals surface area (Å²) in [6, 6.07) is 4.26. The molecule has 0 saturated heterocycles. The van der Waals surface area contributed by atoms with E-state index in [0.29, 0.717) is 0 Å². The highest BCUT2D eigenvalue weighted by Gasteiger charge is 2.24. The molecule has 1 fully saturated rings. The Bertz CT molecular complexity index is 256. The lowest BCUT2D eigenvalue weighted by Gasteiger charge is -2.20. The van der Waals surface area contributed by atoms with E-state index in [1.165, 1.54) is 24.3 Å². The number of hydrogen-bond donors (Lipinski definition) is 1. The molecule has 0 unspecified atom stereocenters. The summed E-state index contributed by atoms with van der Waals surface area (Å²) in [5.74, 6) is 0.904. The van der Waals surface area contributed by atoms with E-state index in [4.69, 9.17) is 5.11 Å². The van der Waals surface area contributed by atoms with Gasteiger partial charge in [0, 0.05) is 24.5 Å². The monoisotopic (exact) mass is 211 g/mol. The fourth-order valence-electron chi connectivity index (χ4n) is 1.66.